The molecule has 1 nitrogen and oxygen atoms in total. The number of hydrogen-bond acceptors (Lipinski definition) is 1. The Bertz CT molecular complexity index is 445. The highest BCUT2D eigenvalue weighted by Gasteiger charge is 2.07. The SMILES string of the molecule is CC[C@H](O)c1cc2ccc(C)cc2[pH]1. The van der Waals surface area contributed by atoms with E-state index in [4.69, 9.17) is 0 Å². The van der Waals surface area contributed by atoms with Crippen molar-refractivity contribution in [1.29, 1.82) is 0 Å². The second-order valence-corrected chi connectivity index (χ2v) is 5.11. The number of aliphatic hydroxyl groups is 1. The predicted molar refractivity (Wildman–Crippen MR) is 63.4 cm³/mol. The van der Waals surface area contributed by atoms with Gasteiger partial charge in [-0.25, -0.2) is 0 Å². The minimum Gasteiger partial charge on any atom is -0.388 e. The molecule has 2 atom stereocenters. The zero-order valence-electron chi connectivity index (χ0n) is 8.54. The van der Waals surface area contributed by atoms with Crippen molar-refractivity contribution in [1.82, 2.24) is 0 Å². The van der Waals surface area contributed by atoms with E-state index in [2.05, 4.69) is 31.2 Å². The molecule has 1 aromatic heterocycles. The quantitative estimate of drug-likeness (QED) is 0.795. The van der Waals surface area contributed by atoms with Crippen LogP contribution < -0.4 is 0 Å². The summed E-state index contributed by atoms with van der Waals surface area (Å²) < 4.78 is 0. The Balaban J connectivity index is 2.51. The third-order valence-corrected chi connectivity index (χ3v) is 4.01. The first kappa shape index (κ1) is 9.76. The zero-order valence-corrected chi connectivity index (χ0v) is 9.54. The van der Waals surface area contributed by atoms with Crippen molar-refractivity contribution >= 4 is 18.7 Å². The van der Waals surface area contributed by atoms with Crippen LogP contribution >= 0.6 is 8.19 Å². The molecule has 0 aliphatic carbocycles. The molecule has 1 unspecified atom stereocenters. The van der Waals surface area contributed by atoms with Crippen LogP contribution in [0.2, 0.25) is 0 Å². The lowest BCUT2D eigenvalue weighted by Crippen LogP contribution is -1.88. The minimum absolute atomic E-state index is 0.249. The number of hydrogen-bond donors (Lipinski definition) is 1. The standard InChI is InChI=1S/C12H15OP/c1-3-10(13)12-7-9-5-4-8(2)6-11(9)14-12/h4-7,10,13-14H,3H2,1-2H3/t10-/m0/s1. The lowest BCUT2D eigenvalue weighted by atomic mass is 10.1. The van der Waals surface area contributed by atoms with Crippen LogP contribution in [-0.4, -0.2) is 5.11 Å². The molecule has 0 saturated heterocycles. The number of aliphatic hydroxyl groups excluding tert-OH is 1. The molecule has 74 valence electrons. The Morgan fingerprint density at radius 2 is 2.14 bits per heavy atom. The highest BCUT2D eigenvalue weighted by molar-refractivity contribution is 7.38. The van der Waals surface area contributed by atoms with Crippen LogP contribution in [0.15, 0.2) is 24.3 Å². The maximum absolute atomic E-state index is 9.74. The van der Waals surface area contributed by atoms with E-state index in [9.17, 15) is 5.11 Å². The Labute approximate surface area is 85.9 Å². The molecule has 0 bridgehead atoms. The fourth-order valence-corrected chi connectivity index (χ4v) is 3.17. The predicted octanol–water partition coefficient (Wildman–Crippen LogP) is 3.62. The summed E-state index contributed by atoms with van der Waals surface area (Å²) in [6.07, 6.45) is 0.562. The highest BCUT2D eigenvalue weighted by atomic mass is 31.0. The van der Waals surface area contributed by atoms with Gasteiger partial charge in [-0.15, -0.1) is 8.19 Å². The monoisotopic (exact) mass is 206 g/mol. The lowest BCUT2D eigenvalue weighted by Gasteiger charge is -2.02. The van der Waals surface area contributed by atoms with Crippen LogP contribution in [-0.2, 0) is 0 Å². The second kappa shape index (κ2) is 3.76. The molecular weight excluding hydrogens is 191 g/mol. The molecule has 1 aromatic carbocycles. The summed E-state index contributed by atoms with van der Waals surface area (Å²) >= 11 is 0. The van der Waals surface area contributed by atoms with Crippen LogP contribution in [0.25, 0.3) is 10.5 Å². The topological polar surface area (TPSA) is 20.2 Å². The second-order valence-electron chi connectivity index (χ2n) is 3.74. The van der Waals surface area contributed by atoms with Crippen molar-refractivity contribution in [2.75, 3.05) is 0 Å². The fraction of sp³-hybridized carbons (Fsp3) is 0.333. The molecule has 1 N–H and O–H groups in total. The third-order valence-electron chi connectivity index (χ3n) is 2.54. The Hall–Kier alpha value is -0.780. The molecular formula is C12H15OP. The van der Waals surface area contributed by atoms with E-state index in [1.165, 1.54) is 21.4 Å². The summed E-state index contributed by atoms with van der Waals surface area (Å²) in [5, 5.41) is 13.6. The van der Waals surface area contributed by atoms with Crippen LogP contribution in [0.1, 0.15) is 30.3 Å². The van der Waals surface area contributed by atoms with Crippen LogP contribution in [0.4, 0.5) is 0 Å². The normalized spacial score (nSPS) is 13.9. The average molecular weight is 206 g/mol. The molecule has 0 aliphatic heterocycles. The van der Waals surface area contributed by atoms with Gasteiger partial charge in [-0.3, -0.25) is 0 Å². The Morgan fingerprint density at radius 3 is 2.86 bits per heavy atom. The van der Waals surface area contributed by atoms with Crippen LogP contribution in [0, 0.1) is 6.92 Å². The van der Waals surface area contributed by atoms with Gasteiger partial charge in [0.05, 0.1) is 6.10 Å². The van der Waals surface area contributed by atoms with Gasteiger partial charge in [0.25, 0.3) is 0 Å². The van der Waals surface area contributed by atoms with E-state index in [1.54, 1.807) is 0 Å². The van der Waals surface area contributed by atoms with Crippen molar-refractivity contribution in [2.45, 2.75) is 26.4 Å². The first-order valence-corrected chi connectivity index (χ1v) is 5.98. The molecule has 0 aliphatic rings. The lowest BCUT2D eigenvalue weighted by molar-refractivity contribution is 0.177. The molecule has 2 heteroatoms. The third kappa shape index (κ3) is 1.70. The molecule has 0 spiro atoms. The van der Waals surface area contributed by atoms with Crippen molar-refractivity contribution < 1.29 is 5.11 Å². The molecule has 14 heavy (non-hydrogen) atoms. The van der Waals surface area contributed by atoms with Gasteiger partial charge >= 0.3 is 0 Å². The summed E-state index contributed by atoms with van der Waals surface area (Å²) in [5.74, 6) is 0. The van der Waals surface area contributed by atoms with Crippen molar-refractivity contribution in [3.63, 3.8) is 0 Å². The molecule has 0 saturated carbocycles. The van der Waals surface area contributed by atoms with Crippen molar-refractivity contribution in [2.24, 2.45) is 0 Å². The highest BCUT2D eigenvalue weighted by Crippen LogP contribution is 2.35. The first-order valence-electron chi connectivity index (χ1n) is 4.98. The van der Waals surface area contributed by atoms with Gasteiger partial charge < -0.3 is 5.11 Å². The molecule has 0 radical (unpaired) electrons. The first-order chi connectivity index (χ1) is 6.70. The molecule has 2 rings (SSSR count). The zero-order chi connectivity index (χ0) is 10.1. The van der Waals surface area contributed by atoms with E-state index < -0.39 is 0 Å². The summed E-state index contributed by atoms with van der Waals surface area (Å²) in [4.78, 5) is 0. The van der Waals surface area contributed by atoms with Gasteiger partial charge in [0.1, 0.15) is 0 Å². The number of fused-ring (bicyclic) bond motifs is 1. The van der Waals surface area contributed by atoms with Gasteiger partial charge in [-0.2, -0.15) is 0 Å². The van der Waals surface area contributed by atoms with E-state index >= 15 is 0 Å². The summed E-state index contributed by atoms with van der Waals surface area (Å²) in [6.45, 7) is 4.13. The number of rotatable bonds is 2. The smallest absolute Gasteiger partial charge is 0.0821 e. The van der Waals surface area contributed by atoms with Crippen LogP contribution in [0.5, 0.6) is 0 Å². The Kier molecular flexibility index (Phi) is 2.62. The van der Waals surface area contributed by atoms with Crippen molar-refractivity contribution in [3.8, 4) is 0 Å². The fourth-order valence-electron chi connectivity index (χ4n) is 1.66. The minimum atomic E-state index is -0.249. The van der Waals surface area contributed by atoms with Crippen molar-refractivity contribution in [3.05, 3.63) is 35.1 Å². The van der Waals surface area contributed by atoms with Crippen LogP contribution in [0.3, 0.4) is 0 Å². The number of benzene rings is 1. The van der Waals surface area contributed by atoms with E-state index in [1.807, 2.05) is 6.92 Å². The molecule has 0 amide bonds. The average Bonchev–Trinajstić information content (AvgIpc) is 2.59. The van der Waals surface area contributed by atoms with Gasteiger partial charge in [-0.1, -0.05) is 24.6 Å². The summed E-state index contributed by atoms with van der Waals surface area (Å²) in [5.41, 5.74) is 1.30. The van der Waals surface area contributed by atoms with E-state index in [0.29, 0.717) is 8.19 Å². The van der Waals surface area contributed by atoms with Gasteiger partial charge in [0, 0.05) is 0 Å². The summed E-state index contributed by atoms with van der Waals surface area (Å²) in [7, 11) is 0.665. The maximum Gasteiger partial charge on any atom is 0.0821 e. The Morgan fingerprint density at radius 1 is 1.36 bits per heavy atom. The van der Waals surface area contributed by atoms with Gasteiger partial charge in [0.2, 0.25) is 0 Å². The maximum atomic E-state index is 9.74. The molecule has 0 fully saturated rings. The van der Waals surface area contributed by atoms with E-state index in [0.717, 1.165) is 6.42 Å². The molecule has 2 aromatic rings. The molecule has 1 heterocycles. The van der Waals surface area contributed by atoms with E-state index in [-0.39, 0.29) is 6.10 Å². The summed E-state index contributed by atoms with van der Waals surface area (Å²) in [6, 6.07) is 8.63. The largest absolute Gasteiger partial charge is 0.388 e. The number of aryl methyl sites for hydroxylation is 1. The van der Waals surface area contributed by atoms with Gasteiger partial charge in [0.15, 0.2) is 0 Å². The van der Waals surface area contributed by atoms with Gasteiger partial charge in [-0.05, 0) is 41.3 Å².